The summed E-state index contributed by atoms with van der Waals surface area (Å²) in [6, 6.07) is 0. The second-order valence-electron chi connectivity index (χ2n) is 3.75. The minimum Gasteiger partial charge on any atom is -0.272 e. The molecule has 2 aromatic rings. The van der Waals surface area contributed by atoms with Crippen LogP contribution in [0.2, 0.25) is 10.3 Å². The zero-order valence-corrected chi connectivity index (χ0v) is 11.1. The van der Waals surface area contributed by atoms with E-state index in [4.69, 9.17) is 23.2 Å². The van der Waals surface area contributed by atoms with Crippen LogP contribution >= 0.6 is 23.2 Å². The lowest BCUT2D eigenvalue weighted by Gasteiger charge is -2.02. The summed E-state index contributed by atoms with van der Waals surface area (Å²) in [6.07, 6.45) is 4.63. The van der Waals surface area contributed by atoms with Gasteiger partial charge in [-0.3, -0.25) is 4.68 Å². The maximum Gasteiger partial charge on any atom is 0.165 e. The van der Waals surface area contributed by atoms with E-state index in [1.807, 2.05) is 10.9 Å². The molecule has 17 heavy (non-hydrogen) atoms. The molecule has 0 saturated heterocycles. The first-order valence-corrected chi connectivity index (χ1v) is 6.10. The van der Waals surface area contributed by atoms with E-state index >= 15 is 0 Å². The second kappa shape index (κ2) is 5.02. The van der Waals surface area contributed by atoms with Crippen LogP contribution < -0.4 is 0 Å². The largest absolute Gasteiger partial charge is 0.272 e. The summed E-state index contributed by atoms with van der Waals surface area (Å²) in [5, 5.41) is 4.97. The smallest absolute Gasteiger partial charge is 0.165 e. The molecule has 0 atom stereocenters. The van der Waals surface area contributed by atoms with E-state index in [-0.39, 0.29) is 0 Å². The van der Waals surface area contributed by atoms with Crippen molar-refractivity contribution < 1.29 is 0 Å². The van der Waals surface area contributed by atoms with Crippen molar-refractivity contribution in [2.45, 2.75) is 26.8 Å². The Morgan fingerprint density at radius 3 is 2.47 bits per heavy atom. The fourth-order valence-corrected chi connectivity index (χ4v) is 1.81. The molecule has 0 aliphatic heterocycles. The molecule has 0 aromatic carbocycles. The highest BCUT2D eigenvalue weighted by Gasteiger charge is 2.10. The SMILES string of the molecule is CCCn1cc(-c2nc(Cl)c(C)c(Cl)n2)cn1. The van der Waals surface area contributed by atoms with Gasteiger partial charge in [-0.2, -0.15) is 5.10 Å². The molecule has 0 unspecified atom stereocenters. The van der Waals surface area contributed by atoms with Crippen molar-refractivity contribution in [3.8, 4) is 11.4 Å². The molecular weight excluding hydrogens is 259 g/mol. The summed E-state index contributed by atoms with van der Waals surface area (Å²) in [5.41, 5.74) is 1.51. The van der Waals surface area contributed by atoms with Crippen molar-refractivity contribution in [1.29, 1.82) is 0 Å². The molecule has 0 amide bonds. The number of hydrogen-bond donors (Lipinski definition) is 0. The van der Waals surface area contributed by atoms with Crippen molar-refractivity contribution in [2.75, 3.05) is 0 Å². The van der Waals surface area contributed by atoms with Gasteiger partial charge in [-0.15, -0.1) is 0 Å². The molecular formula is C11H12Cl2N4. The zero-order chi connectivity index (χ0) is 12.4. The highest BCUT2D eigenvalue weighted by atomic mass is 35.5. The van der Waals surface area contributed by atoms with Crippen LogP contribution in [-0.2, 0) is 6.54 Å². The van der Waals surface area contributed by atoms with E-state index in [9.17, 15) is 0 Å². The zero-order valence-electron chi connectivity index (χ0n) is 9.61. The Hall–Kier alpha value is -1.13. The topological polar surface area (TPSA) is 43.6 Å². The van der Waals surface area contributed by atoms with Crippen molar-refractivity contribution in [1.82, 2.24) is 19.7 Å². The Morgan fingerprint density at radius 2 is 1.88 bits per heavy atom. The molecule has 6 heteroatoms. The summed E-state index contributed by atoms with van der Waals surface area (Å²) in [5.74, 6) is 0.507. The van der Waals surface area contributed by atoms with E-state index < -0.39 is 0 Å². The summed E-state index contributed by atoms with van der Waals surface area (Å²) in [7, 11) is 0. The van der Waals surface area contributed by atoms with Gasteiger partial charge in [0.2, 0.25) is 0 Å². The average Bonchev–Trinajstić information content (AvgIpc) is 2.74. The summed E-state index contributed by atoms with van der Waals surface area (Å²) < 4.78 is 1.85. The number of hydrogen-bond acceptors (Lipinski definition) is 3. The minimum absolute atomic E-state index is 0.378. The van der Waals surface area contributed by atoms with Gasteiger partial charge in [0, 0.05) is 18.3 Å². The molecule has 0 spiro atoms. The molecule has 0 saturated carbocycles. The normalized spacial score (nSPS) is 10.8. The van der Waals surface area contributed by atoms with Gasteiger partial charge in [-0.1, -0.05) is 30.1 Å². The van der Waals surface area contributed by atoms with Crippen molar-refractivity contribution >= 4 is 23.2 Å². The highest BCUT2D eigenvalue weighted by molar-refractivity contribution is 6.34. The highest BCUT2D eigenvalue weighted by Crippen LogP contribution is 2.24. The third-order valence-corrected chi connectivity index (χ3v) is 3.11. The van der Waals surface area contributed by atoms with E-state index in [0.717, 1.165) is 18.5 Å². The Balaban J connectivity index is 2.39. The molecule has 0 bridgehead atoms. The first-order chi connectivity index (χ1) is 8.11. The lowest BCUT2D eigenvalue weighted by Crippen LogP contribution is -1.96. The van der Waals surface area contributed by atoms with Gasteiger partial charge in [-0.05, 0) is 13.3 Å². The van der Waals surface area contributed by atoms with Crippen molar-refractivity contribution in [3.05, 3.63) is 28.3 Å². The molecule has 0 N–H and O–H groups in total. The molecule has 2 heterocycles. The molecule has 2 aromatic heterocycles. The lowest BCUT2D eigenvalue weighted by atomic mass is 10.3. The van der Waals surface area contributed by atoms with E-state index in [1.165, 1.54) is 0 Å². The van der Waals surface area contributed by atoms with Crippen molar-refractivity contribution in [2.24, 2.45) is 0 Å². The fraction of sp³-hybridized carbons (Fsp3) is 0.364. The number of nitrogens with zero attached hydrogens (tertiary/aromatic N) is 4. The number of aromatic nitrogens is 4. The van der Waals surface area contributed by atoms with Crippen LogP contribution in [0.15, 0.2) is 12.4 Å². The van der Waals surface area contributed by atoms with Gasteiger partial charge in [0.25, 0.3) is 0 Å². The van der Waals surface area contributed by atoms with E-state index in [2.05, 4.69) is 22.0 Å². The first kappa shape index (κ1) is 12.3. The quantitative estimate of drug-likeness (QED) is 0.804. The van der Waals surface area contributed by atoms with Crippen LogP contribution in [0.3, 0.4) is 0 Å². The van der Waals surface area contributed by atoms with Crippen molar-refractivity contribution in [3.63, 3.8) is 0 Å². The average molecular weight is 271 g/mol. The molecule has 0 fully saturated rings. The predicted octanol–water partition coefficient (Wildman–Crippen LogP) is 3.37. The minimum atomic E-state index is 0.378. The number of aryl methyl sites for hydroxylation is 1. The van der Waals surface area contributed by atoms with Gasteiger partial charge < -0.3 is 0 Å². The van der Waals surface area contributed by atoms with Gasteiger partial charge in [0.05, 0.1) is 11.8 Å². The summed E-state index contributed by atoms with van der Waals surface area (Å²) in [6.45, 7) is 4.75. The summed E-state index contributed by atoms with van der Waals surface area (Å²) >= 11 is 11.9. The molecule has 0 aliphatic rings. The molecule has 0 aliphatic carbocycles. The second-order valence-corrected chi connectivity index (χ2v) is 4.46. The monoisotopic (exact) mass is 270 g/mol. The number of rotatable bonds is 3. The van der Waals surface area contributed by atoms with Gasteiger partial charge in [0.1, 0.15) is 10.3 Å². The fourth-order valence-electron chi connectivity index (χ4n) is 1.42. The maximum absolute atomic E-state index is 5.97. The van der Waals surface area contributed by atoms with Crippen LogP contribution in [-0.4, -0.2) is 19.7 Å². The Morgan fingerprint density at radius 1 is 1.24 bits per heavy atom. The Kier molecular flexibility index (Phi) is 3.64. The lowest BCUT2D eigenvalue weighted by molar-refractivity contribution is 0.603. The summed E-state index contributed by atoms with van der Waals surface area (Å²) in [4.78, 5) is 8.39. The van der Waals surface area contributed by atoms with Crippen LogP contribution in [0.25, 0.3) is 11.4 Å². The van der Waals surface area contributed by atoms with Crippen LogP contribution in [0.4, 0.5) is 0 Å². The van der Waals surface area contributed by atoms with E-state index in [1.54, 1.807) is 13.1 Å². The number of halogens is 2. The van der Waals surface area contributed by atoms with Gasteiger partial charge in [-0.25, -0.2) is 9.97 Å². The van der Waals surface area contributed by atoms with E-state index in [0.29, 0.717) is 21.7 Å². The van der Waals surface area contributed by atoms with Crippen LogP contribution in [0.5, 0.6) is 0 Å². The predicted molar refractivity (Wildman–Crippen MR) is 68.3 cm³/mol. The Bertz CT molecular complexity index is 513. The molecule has 4 nitrogen and oxygen atoms in total. The third kappa shape index (κ3) is 2.58. The standard InChI is InChI=1S/C11H12Cl2N4/c1-3-4-17-6-8(5-14-17)11-15-9(12)7(2)10(13)16-11/h5-6H,3-4H2,1-2H3. The van der Waals surface area contributed by atoms with Gasteiger partial charge >= 0.3 is 0 Å². The Labute approximate surface area is 110 Å². The maximum atomic E-state index is 5.97. The molecule has 2 rings (SSSR count). The third-order valence-electron chi connectivity index (χ3n) is 2.37. The van der Waals surface area contributed by atoms with Crippen LogP contribution in [0.1, 0.15) is 18.9 Å². The molecule has 90 valence electrons. The molecule has 0 radical (unpaired) electrons. The first-order valence-electron chi connectivity index (χ1n) is 5.34. The van der Waals surface area contributed by atoms with Gasteiger partial charge in [0.15, 0.2) is 5.82 Å². The van der Waals surface area contributed by atoms with Crippen LogP contribution in [0, 0.1) is 6.92 Å².